The summed E-state index contributed by atoms with van der Waals surface area (Å²) in [5, 5.41) is 0. The summed E-state index contributed by atoms with van der Waals surface area (Å²) in [6.07, 6.45) is 3.56. The fraction of sp³-hybridized carbons (Fsp3) is 0.381. The van der Waals surface area contributed by atoms with E-state index in [1.807, 2.05) is 34.1 Å². The number of nitrogens with two attached hydrogens (primary N) is 1. The highest BCUT2D eigenvalue weighted by atomic mass is 16.5. The molecule has 0 unspecified atom stereocenters. The van der Waals surface area contributed by atoms with Gasteiger partial charge in [0.1, 0.15) is 11.6 Å². The molecule has 1 fully saturated rings. The Morgan fingerprint density at radius 2 is 1.93 bits per heavy atom. The highest BCUT2D eigenvalue weighted by molar-refractivity contribution is 5.97. The summed E-state index contributed by atoms with van der Waals surface area (Å²) in [5.41, 5.74) is 6.93. The van der Waals surface area contributed by atoms with Gasteiger partial charge >= 0.3 is 0 Å². The van der Waals surface area contributed by atoms with Gasteiger partial charge < -0.3 is 20.3 Å². The number of hydrogen-bond donors (Lipinski definition) is 1. The summed E-state index contributed by atoms with van der Waals surface area (Å²) in [7, 11) is 1.64. The first-order valence-electron chi connectivity index (χ1n) is 9.49. The molecule has 28 heavy (non-hydrogen) atoms. The highest BCUT2D eigenvalue weighted by Gasteiger charge is 2.22. The zero-order valence-electron chi connectivity index (χ0n) is 16.1. The maximum absolute atomic E-state index is 12.7. The summed E-state index contributed by atoms with van der Waals surface area (Å²) in [6.45, 7) is 2.64. The van der Waals surface area contributed by atoms with E-state index in [1.54, 1.807) is 25.4 Å². The standard InChI is InChI=1S/C21H26N4O3/c1-28-18-8-3-2-6-16(18)9-10-19(26)24-12-5-13-25(15-14-24)21-17(20(22)27)7-4-11-23-21/h2-4,6-8,11H,5,9-10,12-15H2,1H3,(H2,22,27). The zero-order valence-corrected chi connectivity index (χ0v) is 16.1. The van der Waals surface area contributed by atoms with Crippen molar-refractivity contribution in [2.45, 2.75) is 19.3 Å². The first-order valence-corrected chi connectivity index (χ1v) is 9.49. The van der Waals surface area contributed by atoms with Crippen LogP contribution in [0.1, 0.15) is 28.8 Å². The van der Waals surface area contributed by atoms with Gasteiger partial charge in [0.15, 0.2) is 0 Å². The minimum Gasteiger partial charge on any atom is -0.496 e. The minimum atomic E-state index is -0.489. The van der Waals surface area contributed by atoms with Crippen molar-refractivity contribution >= 4 is 17.6 Å². The van der Waals surface area contributed by atoms with E-state index in [0.29, 0.717) is 43.9 Å². The Bertz CT molecular complexity index is 840. The number of carbonyl (C=O) groups is 2. The Kier molecular flexibility index (Phi) is 6.47. The van der Waals surface area contributed by atoms with Gasteiger partial charge in [-0.1, -0.05) is 18.2 Å². The van der Waals surface area contributed by atoms with E-state index < -0.39 is 5.91 Å². The quantitative estimate of drug-likeness (QED) is 0.824. The van der Waals surface area contributed by atoms with Gasteiger partial charge in [-0.25, -0.2) is 4.98 Å². The Hall–Kier alpha value is -3.09. The largest absolute Gasteiger partial charge is 0.496 e. The molecule has 0 atom stereocenters. The van der Waals surface area contributed by atoms with Gasteiger partial charge in [0.2, 0.25) is 5.91 Å². The average Bonchev–Trinajstić information content (AvgIpc) is 2.98. The molecule has 2 heterocycles. The number of methoxy groups -OCH3 is 1. The van der Waals surface area contributed by atoms with Crippen molar-refractivity contribution in [1.82, 2.24) is 9.88 Å². The molecule has 2 aromatic rings. The van der Waals surface area contributed by atoms with Gasteiger partial charge in [0.25, 0.3) is 5.91 Å². The lowest BCUT2D eigenvalue weighted by Gasteiger charge is -2.24. The number of ether oxygens (including phenoxy) is 1. The molecular formula is C21H26N4O3. The molecule has 7 heteroatoms. The predicted octanol–water partition coefficient (Wildman–Crippen LogP) is 1.86. The molecule has 1 saturated heterocycles. The molecule has 0 radical (unpaired) electrons. The van der Waals surface area contributed by atoms with E-state index in [4.69, 9.17) is 10.5 Å². The lowest BCUT2D eigenvalue weighted by atomic mass is 10.1. The highest BCUT2D eigenvalue weighted by Crippen LogP contribution is 2.21. The second kappa shape index (κ2) is 9.21. The molecule has 7 nitrogen and oxygen atoms in total. The van der Waals surface area contributed by atoms with Crippen LogP contribution < -0.4 is 15.4 Å². The van der Waals surface area contributed by atoms with Gasteiger partial charge in [-0.3, -0.25) is 9.59 Å². The van der Waals surface area contributed by atoms with Gasteiger partial charge in [-0.15, -0.1) is 0 Å². The van der Waals surface area contributed by atoms with Crippen molar-refractivity contribution in [3.8, 4) is 5.75 Å². The van der Waals surface area contributed by atoms with Gasteiger partial charge in [0.05, 0.1) is 12.7 Å². The molecule has 1 aliphatic rings. The third kappa shape index (κ3) is 4.60. The second-order valence-corrected chi connectivity index (χ2v) is 6.77. The Morgan fingerprint density at radius 3 is 2.71 bits per heavy atom. The lowest BCUT2D eigenvalue weighted by molar-refractivity contribution is -0.130. The number of rotatable bonds is 6. The summed E-state index contributed by atoms with van der Waals surface area (Å²) in [6, 6.07) is 11.2. The number of primary amides is 1. The molecule has 1 aliphatic heterocycles. The van der Waals surface area contributed by atoms with Crippen LogP contribution >= 0.6 is 0 Å². The van der Waals surface area contributed by atoms with Crippen molar-refractivity contribution in [2.75, 3.05) is 38.2 Å². The van der Waals surface area contributed by atoms with E-state index in [2.05, 4.69) is 4.98 Å². The number of aryl methyl sites for hydroxylation is 1. The van der Waals surface area contributed by atoms with Crippen LogP contribution in [-0.4, -0.2) is 55.0 Å². The normalized spacial score (nSPS) is 14.5. The third-order valence-corrected chi connectivity index (χ3v) is 5.00. The van der Waals surface area contributed by atoms with E-state index >= 15 is 0 Å². The number of benzene rings is 1. The van der Waals surface area contributed by atoms with Crippen molar-refractivity contribution in [2.24, 2.45) is 5.73 Å². The number of carbonyl (C=O) groups excluding carboxylic acids is 2. The van der Waals surface area contributed by atoms with Crippen LogP contribution in [0.3, 0.4) is 0 Å². The number of hydrogen-bond acceptors (Lipinski definition) is 5. The Labute approximate surface area is 165 Å². The zero-order chi connectivity index (χ0) is 19.9. The van der Waals surface area contributed by atoms with Crippen LogP contribution in [0.2, 0.25) is 0 Å². The van der Waals surface area contributed by atoms with Gasteiger partial charge in [-0.05, 0) is 36.6 Å². The maximum Gasteiger partial charge on any atom is 0.252 e. The number of nitrogens with zero attached hydrogens (tertiary/aromatic N) is 3. The summed E-state index contributed by atoms with van der Waals surface area (Å²) in [4.78, 5) is 32.7. The van der Waals surface area contributed by atoms with Crippen LogP contribution in [0, 0.1) is 0 Å². The van der Waals surface area contributed by atoms with Crippen LogP contribution in [0.4, 0.5) is 5.82 Å². The third-order valence-electron chi connectivity index (χ3n) is 5.00. The molecule has 148 valence electrons. The van der Waals surface area contributed by atoms with Crippen molar-refractivity contribution < 1.29 is 14.3 Å². The average molecular weight is 382 g/mol. The molecular weight excluding hydrogens is 356 g/mol. The molecule has 2 amide bonds. The lowest BCUT2D eigenvalue weighted by Crippen LogP contribution is -2.36. The van der Waals surface area contributed by atoms with Crippen LogP contribution in [0.5, 0.6) is 5.75 Å². The molecule has 0 saturated carbocycles. The predicted molar refractivity (Wildman–Crippen MR) is 107 cm³/mol. The number of anilines is 1. The van der Waals surface area contributed by atoms with Crippen LogP contribution in [0.15, 0.2) is 42.6 Å². The minimum absolute atomic E-state index is 0.129. The topological polar surface area (TPSA) is 88.8 Å². The van der Waals surface area contributed by atoms with E-state index in [1.165, 1.54) is 0 Å². The number of aromatic nitrogens is 1. The second-order valence-electron chi connectivity index (χ2n) is 6.77. The molecule has 2 N–H and O–H groups in total. The van der Waals surface area contributed by atoms with Gasteiger partial charge in [0, 0.05) is 38.8 Å². The molecule has 0 aliphatic carbocycles. The molecule has 1 aromatic carbocycles. The van der Waals surface area contributed by atoms with Gasteiger partial charge in [-0.2, -0.15) is 0 Å². The Balaban J connectivity index is 1.61. The monoisotopic (exact) mass is 382 g/mol. The number of pyridine rings is 1. The van der Waals surface area contributed by atoms with Crippen molar-refractivity contribution in [1.29, 1.82) is 0 Å². The molecule has 0 spiro atoms. The van der Waals surface area contributed by atoms with Crippen LogP contribution in [-0.2, 0) is 11.2 Å². The smallest absolute Gasteiger partial charge is 0.252 e. The number of amides is 2. The molecule has 3 rings (SSSR count). The number of para-hydroxylation sites is 1. The van der Waals surface area contributed by atoms with E-state index in [-0.39, 0.29) is 5.91 Å². The Morgan fingerprint density at radius 1 is 1.11 bits per heavy atom. The van der Waals surface area contributed by atoms with Crippen LogP contribution in [0.25, 0.3) is 0 Å². The fourth-order valence-corrected chi connectivity index (χ4v) is 3.53. The molecule has 0 bridgehead atoms. The van der Waals surface area contributed by atoms with E-state index in [9.17, 15) is 9.59 Å². The fourth-order valence-electron chi connectivity index (χ4n) is 3.53. The van der Waals surface area contributed by atoms with E-state index in [0.717, 1.165) is 24.3 Å². The summed E-state index contributed by atoms with van der Waals surface area (Å²) in [5.74, 6) is 1.05. The first-order chi connectivity index (χ1) is 13.6. The van der Waals surface area contributed by atoms with Crippen molar-refractivity contribution in [3.05, 3.63) is 53.7 Å². The maximum atomic E-state index is 12.7. The first kappa shape index (κ1) is 19.7. The SMILES string of the molecule is COc1ccccc1CCC(=O)N1CCCN(c2ncccc2C(N)=O)CC1. The molecule has 1 aromatic heterocycles. The summed E-state index contributed by atoms with van der Waals surface area (Å²) < 4.78 is 5.36. The summed E-state index contributed by atoms with van der Waals surface area (Å²) >= 11 is 0. The van der Waals surface area contributed by atoms with Crippen molar-refractivity contribution in [3.63, 3.8) is 0 Å².